The lowest BCUT2D eigenvalue weighted by Crippen LogP contribution is -2.49. The Bertz CT molecular complexity index is 1040. The van der Waals surface area contributed by atoms with Crippen LogP contribution >= 0.6 is 0 Å². The van der Waals surface area contributed by atoms with Crippen molar-refractivity contribution in [2.24, 2.45) is 0 Å². The van der Waals surface area contributed by atoms with Crippen LogP contribution in [0.4, 0.5) is 5.82 Å². The number of aromatic amines is 1. The van der Waals surface area contributed by atoms with Gasteiger partial charge in [-0.05, 0) is 42.8 Å². The number of ether oxygens (including phenoxy) is 2. The van der Waals surface area contributed by atoms with E-state index in [1.807, 2.05) is 55.5 Å². The van der Waals surface area contributed by atoms with E-state index in [1.54, 1.807) is 14.2 Å². The van der Waals surface area contributed by atoms with Gasteiger partial charge in [0.2, 0.25) is 0 Å². The Morgan fingerprint density at radius 3 is 2.47 bits per heavy atom. The number of H-pyrrole nitrogens is 1. The first-order valence-electron chi connectivity index (χ1n) is 9.91. The number of rotatable bonds is 6. The van der Waals surface area contributed by atoms with Crippen molar-refractivity contribution in [1.82, 2.24) is 5.32 Å². The van der Waals surface area contributed by atoms with Crippen molar-refractivity contribution in [3.05, 3.63) is 88.6 Å². The zero-order valence-corrected chi connectivity index (χ0v) is 17.4. The van der Waals surface area contributed by atoms with Gasteiger partial charge in [0.05, 0.1) is 19.4 Å². The third-order valence-electron chi connectivity index (χ3n) is 5.29. The lowest BCUT2D eigenvalue weighted by atomic mass is 10.0. The summed E-state index contributed by atoms with van der Waals surface area (Å²) >= 11 is 0. The zero-order chi connectivity index (χ0) is 21.1. The quantitative estimate of drug-likeness (QED) is 0.684. The molecule has 6 nitrogen and oxygen atoms in total. The van der Waals surface area contributed by atoms with Crippen molar-refractivity contribution >= 4 is 11.7 Å². The van der Waals surface area contributed by atoms with Crippen LogP contribution in [0.15, 0.2) is 60.7 Å². The molecule has 0 fully saturated rings. The Kier molecular flexibility index (Phi) is 5.68. The second-order valence-corrected chi connectivity index (χ2v) is 7.40. The van der Waals surface area contributed by atoms with E-state index in [4.69, 9.17) is 9.47 Å². The van der Waals surface area contributed by atoms with Gasteiger partial charge in [0.25, 0.3) is 11.7 Å². The van der Waals surface area contributed by atoms with Crippen LogP contribution in [0, 0.1) is 6.92 Å². The van der Waals surface area contributed by atoms with Crippen LogP contribution in [0.5, 0.6) is 5.75 Å². The van der Waals surface area contributed by atoms with Gasteiger partial charge in [-0.2, -0.15) is 0 Å². The van der Waals surface area contributed by atoms with Gasteiger partial charge in [-0.15, -0.1) is 0 Å². The number of fused-ring (bicyclic) bond motifs is 1. The summed E-state index contributed by atoms with van der Waals surface area (Å²) in [6.07, 6.45) is -0.315. The van der Waals surface area contributed by atoms with Crippen molar-refractivity contribution in [2.75, 3.05) is 19.1 Å². The average Bonchev–Trinajstić information content (AvgIpc) is 2.76. The second-order valence-electron chi connectivity index (χ2n) is 7.40. The summed E-state index contributed by atoms with van der Waals surface area (Å²) < 4.78 is 10.7. The van der Waals surface area contributed by atoms with Crippen LogP contribution < -0.4 is 19.9 Å². The highest BCUT2D eigenvalue weighted by molar-refractivity contribution is 6.01. The van der Waals surface area contributed by atoms with Crippen LogP contribution in [0.2, 0.25) is 0 Å². The molecule has 1 amide bonds. The summed E-state index contributed by atoms with van der Waals surface area (Å²) in [6.45, 7) is 3.00. The zero-order valence-electron chi connectivity index (χ0n) is 17.4. The molecule has 1 atom stereocenters. The molecule has 0 saturated heterocycles. The van der Waals surface area contributed by atoms with E-state index in [9.17, 15) is 4.79 Å². The molecule has 154 valence electrons. The average molecular weight is 404 g/mol. The lowest BCUT2D eigenvalue weighted by Gasteiger charge is -2.33. The molecule has 2 heterocycles. The Hall–Kier alpha value is -3.38. The predicted molar refractivity (Wildman–Crippen MR) is 114 cm³/mol. The Labute approximate surface area is 176 Å². The number of anilines is 1. The van der Waals surface area contributed by atoms with E-state index >= 15 is 0 Å². The standard InChI is InChI=1S/C24H25N3O3/c1-16-13-19(15-29-2)21-23(25-16)27(14-17-7-5-4-6-8-17)22(26-24(21)28)18-9-11-20(30-3)12-10-18/h4-13,22H,14-15H2,1-3H3,(H,26,28)/p+1/t22-/m1/s1. The first-order valence-corrected chi connectivity index (χ1v) is 9.91. The van der Waals surface area contributed by atoms with E-state index < -0.39 is 0 Å². The van der Waals surface area contributed by atoms with Crippen molar-refractivity contribution in [3.63, 3.8) is 0 Å². The number of aromatic nitrogens is 1. The van der Waals surface area contributed by atoms with Gasteiger partial charge in [0, 0.05) is 18.2 Å². The van der Waals surface area contributed by atoms with Crippen LogP contribution in [0.1, 0.15) is 38.9 Å². The minimum Gasteiger partial charge on any atom is -0.497 e. The third kappa shape index (κ3) is 3.86. The van der Waals surface area contributed by atoms with Gasteiger partial charge in [-0.1, -0.05) is 30.3 Å². The SMILES string of the molecule is COCc1cc(C)[nH+]c2c1C(=O)N[C@@H](c1ccc(OC)cc1)N2Cc1ccccc1. The number of hydrogen-bond acceptors (Lipinski definition) is 4. The highest BCUT2D eigenvalue weighted by Crippen LogP contribution is 2.34. The van der Waals surface area contributed by atoms with Gasteiger partial charge < -0.3 is 14.8 Å². The van der Waals surface area contributed by atoms with Crippen molar-refractivity contribution < 1.29 is 19.3 Å². The largest absolute Gasteiger partial charge is 0.497 e. The van der Waals surface area contributed by atoms with Gasteiger partial charge in [-0.25, -0.2) is 9.88 Å². The molecule has 0 unspecified atom stereocenters. The number of amides is 1. The van der Waals surface area contributed by atoms with Gasteiger partial charge in [-0.3, -0.25) is 4.79 Å². The lowest BCUT2D eigenvalue weighted by molar-refractivity contribution is -0.375. The molecule has 2 N–H and O–H groups in total. The number of nitrogens with zero attached hydrogens (tertiary/aromatic N) is 1. The molecule has 1 aliphatic rings. The van der Waals surface area contributed by atoms with Gasteiger partial charge in [0.15, 0.2) is 6.17 Å². The smallest absolute Gasteiger partial charge is 0.290 e. The molecule has 2 aromatic carbocycles. The normalized spacial score (nSPS) is 15.5. The molecule has 30 heavy (non-hydrogen) atoms. The molecule has 0 saturated carbocycles. The molecule has 3 aromatic rings. The van der Waals surface area contributed by atoms with Gasteiger partial charge >= 0.3 is 0 Å². The number of aryl methyl sites for hydroxylation is 1. The molecule has 0 radical (unpaired) electrons. The third-order valence-corrected chi connectivity index (χ3v) is 5.29. The minimum atomic E-state index is -0.315. The van der Waals surface area contributed by atoms with E-state index in [-0.39, 0.29) is 12.1 Å². The minimum absolute atomic E-state index is 0.113. The number of hydrogen-bond donors (Lipinski definition) is 1. The molecule has 0 bridgehead atoms. The molecule has 1 aliphatic heterocycles. The Balaban J connectivity index is 1.83. The van der Waals surface area contributed by atoms with Crippen LogP contribution in [-0.2, 0) is 17.9 Å². The number of nitrogens with one attached hydrogen (secondary N) is 2. The van der Waals surface area contributed by atoms with Crippen molar-refractivity contribution in [3.8, 4) is 5.75 Å². The first kappa shape index (κ1) is 19.9. The fourth-order valence-corrected chi connectivity index (χ4v) is 3.91. The summed E-state index contributed by atoms with van der Waals surface area (Å²) in [5, 5.41) is 3.19. The van der Waals surface area contributed by atoms with Crippen molar-refractivity contribution in [2.45, 2.75) is 26.2 Å². The molecule has 6 heteroatoms. The maximum atomic E-state index is 13.2. The fourth-order valence-electron chi connectivity index (χ4n) is 3.91. The van der Waals surface area contributed by atoms with Crippen LogP contribution in [-0.4, -0.2) is 20.1 Å². The topological polar surface area (TPSA) is 64.9 Å². The maximum absolute atomic E-state index is 13.2. The fraction of sp³-hybridized carbons (Fsp3) is 0.250. The molecular weight excluding hydrogens is 378 g/mol. The second kappa shape index (κ2) is 8.55. The molecule has 1 aromatic heterocycles. The summed E-state index contributed by atoms with van der Waals surface area (Å²) in [5.41, 5.74) is 4.60. The molecule has 0 aliphatic carbocycles. The highest BCUT2D eigenvalue weighted by Gasteiger charge is 2.40. The molecule has 0 spiro atoms. The van der Waals surface area contributed by atoms with Crippen LogP contribution in [0.3, 0.4) is 0 Å². The summed E-state index contributed by atoms with van der Waals surface area (Å²) in [7, 11) is 3.28. The van der Waals surface area contributed by atoms with E-state index in [0.717, 1.165) is 34.0 Å². The van der Waals surface area contributed by atoms with Gasteiger partial charge in [0.1, 0.15) is 17.9 Å². The molecule has 4 rings (SSSR count). The summed E-state index contributed by atoms with van der Waals surface area (Å²) in [5.74, 6) is 1.47. The Morgan fingerprint density at radius 2 is 1.80 bits per heavy atom. The molecular formula is C24H26N3O3+. The number of benzene rings is 2. The van der Waals surface area contributed by atoms with E-state index in [1.165, 1.54) is 0 Å². The number of carbonyl (C=O) groups excluding carboxylic acids is 1. The number of pyridine rings is 1. The van der Waals surface area contributed by atoms with E-state index in [2.05, 4.69) is 27.3 Å². The summed E-state index contributed by atoms with van der Waals surface area (Å²) in [4.78, 5) is 18.8. The first-order chi connectivity index (χ1) is 14.6. The van der Waals surface area contributed by atoms with Crippen molar-refractivity contribution in [1.29, 1.82) is 0 Å². The van der Waals surface area contributed by atoms with E-state index in [0.29, 0.717) is 18.7 Å². The highest BCUT2D eigenvalue weighted by atomic mass is 16.5. The predicted octanol–water partition coefficient (Wildman–Crippen LogP) is 3.41. The number of carbonyl (C=O) groups is 1. The van der Waals surface area contributed by atoms with Crippen LogP contribution in [0.25, 0.3) is 0 Å². The maximum Gasteiger partial charge on any atom is 0.290 e. The Morgan fingerprint density at radius 1 is 1.07 bits per heavy atom. The summed E-state index contributed by atoms with van der Waals surface area (Å²) in [6, 6.07) is 20.0. The monoisotopic (exact) mass is 404 g/mol. The number of methoxy groups -OCH3 is 2.